The molecule has 1 aromatic carbocycles. The predicted molar refractivity (Wildman–Crippen MR) is 67.3 cm³/mol. The first-order valence-corrected chi connectivity index (χ1v) is 7.35. The van der Waals surface area contributed by atoms with Crippen LogP contribution in [-0.4, -0.2) is 21.0 Å². The van der Waals surface area contributed by atoms with E-state index in [1.165, 1.54) is 5.56 Å². The van der Waals surface area contributed by atoms with Crippen LogP contribution < -0.4 is 10.5 Å². The third-order valence-electron chi connectivity index (χ3n) is 3.09. The molecule has 1 aliphatic rings. The zero-order valence-corrected chi connectivity index (χ0v) is 10.8. The number of hydrogen-bond donors (Lipinski definition) is 2. The standard InChI is InChI=1S/C12H18N2O2S/c1-9(8-13)14-17(15,16)12-6-5-10-3-2-4-11(10)7-12/h5-7,9,14H,2-4,8,13H2,1H3/t9-/m1/s1. The van der Waals surface area contributed by atoms with Gasteiger partial charge in [-0.3, -0.25) is 0 Å². The van der Waals surface area contributed by atoms with Crippen molar-refractivity contribution >= 4 is 10.0 Å². The Morgan fingerprint density at radius 1 is 1.35 bits per heavy atom. The summed E-state index contributed by atoms with van der Waals surface area (Å²) in [7, 11) is -3.42. The van der Waals surface area contributed by atoms with Crippen LogP contribution in [0.25, 0.3) is 0 Å². The van der Waals surface area contributed by atoms with Crippen LogP contribution in [0.2, 0.25) is 0 Å². The summed E-state index contributed by atoms with van der Waals surface area (Å²) in [4.78, 5) is 0.346. The number of hydrogen-bond acceptors (Lipinski definition) is 3. The minimum absolute atomic E-state index is 0.242. The number of nitrogens with two attached hydrogens (primary N) is 1. The summed E-state index contributed by atoms with van der Waals surface area (Å²) < 4.78 is 26.6. The zero-order chi connectivity index (χ0) is 12.5. The molecule has 3 N–H and O–H groups in total. The highest BCUT2D eigenvalue weighted by Crippen LogP contribution is 2.24. The second-order valence-electron chi connectivity index (χ2n) is 4.54. The fourth-order valence-electron chi connectivity index (χ4n) is 2.10. The minimum atomic E-state index is -3.42. The first-order valence-electron chi connectivity index (χ1n) is 5.87. The lowest BCUT2D eigenvalue weighted by Gasteiger charge is -2.12. The van der Waals surface area contributed by atoms with Crippen molar-refractivity contribution in [2.45, 2.75) is 37.1 Å². The van der Waals surface area contributed by atoms with E-state index in [2.05, 4.69) is 4.72 Å². The van der Waals surface area contributed by atoms with Crippen LogP contribution in [0.15, 0.2) is 23.1 Å². The van der Waals surface area contributed by atoms with E-state index in [0.717, 1.165) is 24.8 Å². The molecular weight excluding hydrogens is 236 g/mol. The molecule has 17 heavy (non-hydrogen) atoms. The maximum Gasteiger partial charge on any atom is 0.240 e. The van der Waals surface area contributed by atoms with Gasteiger partial charge in [0.2, 0.25) is 10.0 Å². The van der Waals surface area contributed by atoms with Gasteiger partial charge in [0.25, 0.3) is 0 Å². The summed E-state index contributed by atoms with van der Waals surface area (Å²) in [5.41, 5.74) is 7.85. The smallest absolute Gasteiger partial charge is 0.240 e. The number of fused-ring (bicyclic) bond motifs is 1. The topological polar surface area (TPSA) is 72.2 Å². The van der Waals surface area contributed by atoms with Gasteiger partial charge in [0.1, 0.15) is 0 Å². The Labute approximate surface area is 102 Å². The SMILES string of the molecule is C[C@H](CN)NS(=O)(=O)c1ccc2c(c1)CCC2. The van der Waals surface area contributed by atoms with Gasteiger partial charge in [-0.15, -0.1) is 0 Å². The van der Waals surface area contributed by atoms with Crippen molar-refractivity contribution in [1.29, 1.82) is 0 Å². The van der Waals surface area contributed by atoms with Gasteiger partial charge in [-0.25, -0.2) is 13.1 Å². The maximum atomic E-state index is 12.0. The van der Waals surface area contributed by atoms with E-state index in [0.29, 0.717) is 11.4 Å². The Morgan fingerprint density at radius 2 is 2.06 bits per heavy atom. The molecule has 5 heteroatoms. The molecule has 0 bridgehead atoms. The van der Waals surface area contributed by atoms with Crippen molar-refractivity contribution in [2.24, 2.45) is 5.73 Å². The lowest BCUT2D eigenvalue weighted by molar-refractivity contribution is 0.562. The van der Waals surface area contributed by atoms with Gasteiger partial charge in [-0.2, -0.15) is 0 Å². The van der Waals surface area contributed by atoms with Gasteiger partial charge in [-0.05, 0) is 49.4 Å². The van der Waals surface area contributed by atoms with E-state index >= 15 is 0 Å². The van der Waals surface area contributed by atoms with Crippen molar-refractivity contribution in [1.82, 2.24) is 4.72 Å². The number of rotatable bonds is 4. The quantitative estimate of drug-likeness (QED) is 0.835. The van der Waals surface area contributed by atoms with Gasteiger partial charge in [-0.1, -0.05) is 6.07 Å². The first kappa shape index (κ1) is 12.5. The van der Waals surface area contributed by atoms with Crippen LogP contribution in [0, 0.1) is 0 Å². The molecule has 2 rings (SSSR count). The largest absolute Gasteiger partial charge is 0.329 e. The summed E-state index contributed by atoms with van der Waals surface area (Å²) in [6.07, 6.45) is 3.15. The molecule has 0 unspecified atom stereocenters. The Bertz CT molecular complexity index is 511. The van der Waals surface area contributed by atoms with E-state index in [1.807, 2.05) is 6.07 Å². The van der Waals surface area contributed by atoms with Crippen molar-refractivity contribution in [3.8, 4) is 0 Å². The van der Waals surface area contributed by atoms with E-state index in [1.54, 1.807) is 19.1 Å². The molecule has 0 amide bonds. The number of nitrogens with one attached hydrogen (secondary N) is 1. The third-order valence-corrected chi connectivity index (χ3v) is 4.68. The first-order chi connectivity index (χ1) is 8.03. The average molecular weight is 254 g/mol. The molecule has 0 heterocycles. The second kappa shape index (κ2) is 4.76. The van der Waals surface area contributed by atoms with Crippen molar-refractivity contribution in [3.05, 3.63) is 29.3 Å². The minimum Gasteiger partial charge on any atom is -0.329 e. The summed E-state index contributed by atoms with van der Waals surface area (Å²) in [5, 5.41) is 0. The van der Waals surface area contributed by atoms with Crippen LogP contribution in [0.3, 0.4) is 0 Å². The molecule has 0 radical (unpaired) electrons. The number of benzene rings is 1. The number of aryl methyl sites for hydroxylation is 2. The van der Waals surface area contributed by atoms with E-state index in [4.69, 9.17) is 5.73 Å². The van der Waals surface area contributed by atoms with Crippen LogP contribution in [0.5, 0.6) is 0 Å². The molecular formula is C12H18N2O2S. The molecule has 0 saturated carbocycles. The highest BCUT2D eigenvalue weighted by molar-refractivity contribution is 7.89. The summed E-state index contributed by atoms with van der Waals surface area (Å²) in [5.74, 6) is 0. The van der Waals surface area contributed by atoms with E-state index in [-0.39, 0.29) is 6.04 Å². The lowest BCUT2D eigenvalue weighted by Crippen LogP contribution is -2.37. The molecule has 0 saturated heterocycles. The zero-order valence-electron chi connectivity index (χ0n) is 9.94. The van der Waals surface area contributed by atoms with E-state index in [9.17, 15) is 8.42 Å². The van der Waals surface area contributed by atoms with Gasteiger partial charge >= 0.3 is 0 Å². The summed E-state index contributed by atoms with van der Waals surface area (Å²) in [6.45, 7) is 2.05. The Hall–Kier alpha value is -0.910. The molecule has 1 aromatic rings. The predicted octanol–water partition coefficient (Wildman–Crippen LogP) is 0.801. The molecule has 1 atom stereocenters. The Balaban J connectivity index is 2.28. The van der Waals surface area contributed by atoms with Gasteiger partial charge < -0.3 is 5.73 Å². The summed E-state index contributed by atoms with van der Waals surface area (Å²) >= 11 is 0. The molecule has 94 valence electrons. The monoisotopic (exact) mass is 254 g/mol. The highest BCUT2D eigenvalue weighted by Gasteiger charge is 2.19. The van der Waals surface area contributed by atoms with Gasteiger partial charge in [0, 0.05) is 12.6 Å². The average Bonchev–Trinajstić information content (AvgIpc) is 2.75. The van der Waals surface area contributed by atoms with Gasteiger partial charge in [0.05, 0.1) is 4.90 Å². The highest BCUT2D eigenvalue weighted by atomic mass is 32.2. The fraction of sp³-hybridized carbons (Fsp3) is 0.500. The Kier molecular flexibility index (Phi) is 3.51. The molecule has 0 fully saturated rings. The van der Waals surface area contributed by atoms with Crippen molar-refractivity contribution in [3.63, 3.8) is 0 Å². The molecule has 0 aromatic heterocycles. The fourth-order valence-corrected chi connectivity index (χ4v) is 3.40. The summed E-state index contributed by atoms with van der Waals surface area (Å²) in [6, 6.07) is 5.14. The molecule has 1 aliphatic carbocycles. The molecule has 0 spiro atoms. The third kappa shape index (κ3) is 2.68. The van der Waals surface area contributed by atoms with Crippen LogP contribution in [0.1, 0.15) is 24.5 Å². The van der Waals surface area contributed by atoms with E-state index < -0.39 is 10.0 Å². The van der Waals surface area contributed by atoms with Gasteiger partial charge in [0.15, 0.2) is 0 Å². The van der Waals surface area contributed by atoms with Crippen molar-refractivity contribution in [2.75, 3.05) is 6.54 Å². The maximum absolute atomic E-state index is 12.0. The van der Waals surface area contributed by atoms with Crippen molar-refractivity contribution < 1.29 is 8.42 Å². The Morgan fingerprint density at radius 3 is 2.76 bits per heavy atom. The number of sulfonamides is 1. The van der Waals surface area contributed by atoms with Crippen LogP contribution in [-0.2, 0) is 22.9 Å². The second-order valence-corrected chi connectivity index (χ2v) is 6.26. The normalized spacial score (nSPS) is 16.8. The molecule has 4 nitrogen and oxygen atoms in total. The van der Waals surface area contributed by atoms with Crippen LogP contribution >= 0.6 is 0 Å². The van der Waals surface area contributed by atoms with Crippen LogP contribution in [0.4, 0.5) is 0 Å². The lowest BCUT2D eigenvalue weighted by atomic mass is 10.1. The molecule has 0 aliphatic heterocycles.